The molecule has 2 aromatic carbocycles. The van der Waals surface area contributed by atoms with E-state index in [1.165, 1.54) is 17.1 Å². The number of amides is 1. The fraction of sp³-hybridized carbons (Fsp3) is 0.261. The number of hydrazone groups is 1. The quantitative estimate of drug-likeness (QED) is 0.486. The van der Waals surface area contributed by atoms with Gasteiger partial charge in [-0.15, -0.1) is 0 Å². The number of hydrogen-bond donors (Lipinski definition) is 0. The van der Waals surface area contributed by atoms with Crippen LogP contribution < -0.4 is 4.74 Å². The maximum absolute atomic E-state index is 13.6. The van der Waals surface area contributed by atoms with Crippen molar-refractivity contribution in [3.05, 3.63) is 76.9 Å². The van der Waals surface area contributed by atoms with E-state index in [-0.39, 0.29) is 5.91 Å². The molecular formula is C23H21F2N3O2. The molecule has 1 aliphatic rings. The standard InChI is InChI=1S/C23H21F2N3O2/c1-15(4-3-9-30-22-6-5-17(14-26)10-16(22)2)23(29)28-21(7-8-27-28)18-11-19(24)13-20(25)12-18/h5-6,8,10-13,21H,1,3-4,7,9H2,2H3. The van der Waals surface area contributed by atoms with Gasteiger partial charge in [-0.2, -0.15) is 10.4 Å². The van der Waals surface area contributed by atoms with Crippen molar-refractivity contribution in [3.63, 3.8) is 0 Å². The third-order valence-electron chi connectivity index (χ3n) is 4.79. The van der Waals surface area contributed by atoms with Crippen molar-refractivity contribution in [1.82, 2.24) is 5.01 Å². The average Bonchev–Trinajstić information content (AvgIpc) is 3.20. The van der Waals surface area contributed by atoms with Crippen molar-refractivity contribution < 1.29 is 18.3 Å². The highest BCUT2D eigenvalue weighted by molar-refractivity contribution is 5.94. The van der Waals surface area contributed by atoms with Gasteiger partial charge < -0.3 is 4.74 Å². The smallest absolute Gasteiger partial charge is 0.269 e. The highest BCUT2D eigenvalue weighted by Gasteiger charge is 2.30. The van der Waals surface area contributed by atoms with Crippen molar-refractivity contribution in [1.29, 1.82) is 5.26 Å². The molecule has 2 aromatic rings. The number of nitriles is 1. The highest BCUT2D eigenvalue weighted by atomic mass is 19.1. The van der Waals surface area contributed by atoms with Crippen LogP contribution in [-0.2, 0) is 4.79 Å². The molecule has 0 N–H and O–H groups in total. The first kappa shape index (κ1) is 21.2. The first-order valence-electron chi connectivity index (χ1n) is 9.52. The Bertz CT molecular complexity index is 1020. The molecule has 3 rings (SSSR count). The second-order valence-corrected chi connectivity index (χ2v) is 7.05. The number of halogens is 2. The number of rotatable bonds is 7. The van der Waals surface area contributed by atoms with Gasteiger partial charge in [0.25, 0.3) is 5.91 Å². The molecule has 0 spiro atoms. The lowest BCUT2D eigenvalue weighted by Gasteiger charge is -2.23. The Labute approximate surface area is 173 Å². The van der Waals surface area contributed by atoms with E-state index in [4.69, 9.17) is 10.00 Å². The molecule has 0 saturated carbocycles. The third kappa shape index (κ3) is 4.90. The monoisotopic (exact) mass is 409 g/mol. The third-order valence-corrected chi connectivity index (χ3v) is 4.79. The van der Waals surface area contributed by atoms with Crippen LogP contribution in [-0.4, -0.2) is 23.7 Å². The van der Waals surface area contributed by atoms with Gasteiger partial charge in [-0.1, -0.05) is 6.58 Å². The Morgan fingerprint density at radius 1 is 1.30 bits per heavy atom. The Balaban J connectivity index is 1.54. The summed E-state index contributed by atoms with van der Waals surface area (Å²) < 4.78 is 32.8. The molecule has 1 unspecified atom stereocenters. The molecule has 30 heavy (non-hydrogen) atoms. The van der Waals surface area contributed by atoms with Gasteiger partial charge in [-0.3, -0.25) is 4.79 Å². The maximum Gasteiger partial charge on any atom is 0.269 e. The van der Waals surface area contributed by atoms with E-state index in [2.05, 4.69) is 17.7 Å². The minimum absolute atomic E-state index is 0.344. The summed E-state index contributed by atoms with van der Waals surface area (Å²) in [5.74, 6) is -1.09. The summed E-state index contributed by atoms with van der Waals surface area (Å²) in [7, 11) is 0. The van der Waals surface area contributed by atoms with E-state index in [0.29, 0.717) is 48.3 Å². The van der Waals surface area contributed by atoms with Gasteiger partial charge in [0.15, 0.2) is 0 Å². The molecule has 1 atom stereocenters. The molecule has 5 nitrogen and oxygen atoms in total. The largest absolute Gasteiger partial charge is 0.493 e. The molecule has 154 valence electrons. The van der Waals surface area contributed by atoms with Gasteiger partial charge in [-0.25, -0.2) is 13.8 Å². The molecule has 0 aliphatic carbocycles. The van der Waals surface area contributed by atoms with Crippen molar-refractivity contribution in [2.45, 2.75) is 32.2 Å². The molecule has 0 saturated heterocycles. The van der Waals surface area contributed by atoms with Crippen LogP contribution in [0.25, 0.3) is 0 Å². The van der Waals surface area contributed by atoms with E-state index in [1.807, 2.05) is 6.92 Å². The van der Waals surface area contributed by atoms with E-state index < -0.39 is 17.7 Å². The van der Waals surface area contributed by atoms with E-state index in [9.17, 15) is 13.6 Å². The Morgan fingerprint density at radius 2 is 2.03 bits per heavy atom. The lowest BCUT2D eigenvalue weighted by atomic mass is 10.0. The SMILES string of the molecule is C=C(CCCOc1ccc(C#N)cc1C)C(=O)N1N=CCC1c1cc(F)cc(F)c1. The fourth-order valence-electron chi connectivity index (χ4n) is 3.27. The molecule has 0 radical (unpaired) electrons. The van der Waals surface area contributed by atoms with Crippen LogP contribution in [0.2, 0.25) is 0 Å². The van der Waals surface area contributed by atoms with Gasteiger partial charge in [0, 0.05) is 24.3 Å². The van der Waals surface area contributed by atoms with Crippen LogP contribution in [0.15, 0.2) is 53.7 Å². The lowest BCUT2D eigenvalue weighted by molar-refractivity contribution is -0.129. The Morgan fingerprint density at radius 3 is 2.70 bits per heavy atom. The fourth-order valence-corrected chi connectivity index (χ4v) is 3.27. The predicted molar refractivity (Wildman–Crippen MR) is 109 cm³/mol. The maximum atomic E-state index is 13.6. The molecule has 1 amide bonds. The number of benzene rings is 2. The predicted octanol–water partition coefficient (Wildman–Crippen LogP) is 4.82. The first-order chi connectivity index (χ1) is 14.4. The summed E-state index contributed by atoms with van der Waals surface area (Å²) in [5.41, 5.74) is 2.13. The van der Waals surface area contributed by atoms with Gasteiger partial charge in [0.05, 0.1) is 24.3 Å². The molecule has 0 aromatic heterocycles. The zero-order valence-electron chi connectivity index (χ0n) is 16.6. The van der Waals surface area contributed by atoms with Gasteiger partial charge in [0.2, 0.25) is 0 Å². The Kier molecular flexibility index (Phi) is 6.58. The zero-order valence-corrected chi connectivity index (χ0v) is 16.6. The molecule has 1 heterocycles. The van der Waals surface area contributed by atoms with Gasteiger partial charge in [-0.05, 0) is 61.2 Å². The van der Waals surface area contributed by atoms with Crippen molar-refractivity contribution in [3.8, 4) is 11.8 Å². The van der Waals surface area contributed by atoms with Gasteiger partial charge >= 0.3 is 0 Å². The topological polar surface area (TPSA) is 65.7 Å². The lowest BCUT2D eigenvalue weighted by Crippen LogP contribution is -2.28. The van der Waals surface area contributed by atoms with E-state index in [1.54, 1.807) is 24.4 Å². The van der Waals surface area contributed by atoms with Crippen LogP contribution in [0.5, 0.6) is 5.75 Å². The number of carbonyl (C=O) groups excluding carboxylic acids is 1. The van der Waals surface area contributed by atoms with Crippen molar-refractivity contribution in [2.24, 2.45) is 5.10 Å². The minimum atomic E-state index is -0.696. The summed E-state index contributed by atoms with van der Waals surface area (Å²) in [6.45, 7) is 6.08. The highest BCUT2D eigenvalue weighted by Crippen LogP contribution is 2.31. The average molecular weight is 409 g/mol. The number of aryl methyl sites for hydroxylation is 1. The summed E-state index contributed by atoms with van der Waals surface area (Å²) in [5, 5.41) is 14.2. The van der Waals surface area contributed by atoms with Crippen molar-refractivity contribution in [2.75, 3.05) is 6.61 Å². The number of carbonyl (C=O) groups is 1. The molecule has 0 bridgehead atoms. The van der Waals surface area contributed by atoms with Crippen LogP contribution in [0.4, 0.5) is 8.78 Å². The summed E-state index contributed by atoms with van der Waals surface area (Å²) in [4.78, 5) is 12.7. The van der Waals surface area contributed by atoms with Crippen LogP contribution >= 0.6 is 0 Å². The van der Waals surface area contributed by atoms with Crippen LogP contribution in [0.1, 0.15) is 42.0 Å². The van der Waals surface area contributed by atoms with E-state index in [0.717, 1.165) is 11.6 Å². The Hall–Kier alpha value is -3.53. The number of hydrogen-bond acceptors (Lipinski definition) is 4. The van der Waals surface area contributed by atoms with Crippen LogP contribution in [0, 0.1) is 29.9 Å². The first-order valence-corrected chi connectivity index (χ1v) is 9.52. The number of ether oxygens (including phenoxy) is 1. The molecule has 0 fully saturated rings. The van der Waals surface area contributed by atoms with Crippen LogP contribution in [0.3, 0.4) is 0 Å². The van der Waals surface area contributed by atoms with E-state index >= 15 is 0 Å². The van der Waals surface area contributed by atoms with Gasteiger partial charge in [0.1, 0.15) is 17.4 Å². The normalized spacial score (nSPS) is 15.1. The second-order valence-electron chi connectivity index (χ2n) is 7.05. The molecule has 7 heteroatoms. The minimum Gasteiger partial charge on any atom is -0.493 e. The molecular weight excluding hydrogens is 388 g/mol. The summed E-state index contributed by atoms with van der Waals surface area (Å²) in [6, 6.07) is 9.90. The molecule has 1 aliphatic heterocycles. The zero-order chi connectivity index (χ0) is 21.7. The summed E-state index contributed by atoms with van der Waals surface area (Å²) in [6.07, 6.45) is 2.88. The second kappa shape index (κ2) is 9.31. The summed E-state index contributed by atoms with van der Waals surface area (Å²) >= 11 is 0. The van der Waals surface area contributed by atoms with Crippen molar-refractivity contribution >= 4 is 12.1 Å². The number of nitrogens with zero attached hydrogens (tertiary/aromatic N) is 3.